The van der Waals surface area contributed by atoms with Crippen molar-refractivity contribution in [2.24, 2.45) is 5.41 Å². The fraction of sp³-hybridized carbons (Fsp3) is 0.481. The van der Waals surface area contributed by atoms with Crippen molar-refractivity contribution < 1.29 is 22.7 Å². The van der Waals surface area contributed by atoms with Gasteiger partial charge in [-0.25, -0.2) is 4.79 Å². The quantitative estimate of drug-likeness (QED) is 0.366. The van der Waals surface area contributed by atoms with Crippen molar-refractivity contribution in [2.75, 3.05) is 0 Å². The van der Waals surface area contributed by atoms with Crippen LogP contribution in [0.2, 0.25) is 0 Å². The van der Waals surface area contributed by atoms with Gasteiger partial charge in [-0.1, -0.05) is 18.2 Å². The molecular formula is C27H31ClF3N5O2. The first-order valence-corrected chi connectivity index (χ1v) is 12.7. The molecule has 1 aliphatic carbocycles. The first kappa shape index (κ1) is 29.2. The van der Waals surface area contributed by atoms with Crippen LogP contribution < -0.4 is 5.32 Å². The molecule has 0 saturated carbocycles. The molecule has 0 aromatic carbocycles. The Morgan fingerprint density at radius 2 is 2.00 bits per heavy atom. The smallest absolute Gasteiger partial charge is 0.407 e. The highest BCUT2D eigenvalue weighted by atomic mass is 35.5. The highest BCUT2D eigenvalue weighted by Crippen LogP contribution is 2.40. The molecule has 11 heteroatoms. The van der Waals surface area contributed by atoms with Gasteiger partial charge in [-0.3, -0.25) is 9.67 Å². The lowest BCUT2D eigenvalue weighted by atomic mass is 9.79. The van der Waals surface area contributed by atoms with Crippen LogP contribution >= 0.6 is 11.6 Å². The summed E-state index contributed by atoms with van der Waals surface area (Å²) in [4.78, 5) is 16.5. The lowest BCUT2D eigenvalue weighted by Gasteiger charge is -2.24. The summed E-state index contributed by atoms with van der Waals surface area (Å²) >= 11 is 6.39. The second kappa shape index (κ2) is 11.6. The summed E-state index contributed by atoms with van der Waals surface area (Å²) < 4.78 is 46.2. The summed E-state index contributed by atoms with van der Waals surface area (Å²) in [6, 6.07) is 4.97. The molecule has 2 aromatic heterocycles. The Bertz CT molecular complexity index is 1240. The van der Waals surface area contributed by atoms with E-state index in [1.807, 2.05) is 19.1 Å². The Hall–Kier alpha value is -3.32. The Balaban J connectivity index is 2.05. The van der Waals surface area contributed by atoms with Gasteiger partial charge in [0, 0.05) is 24.4 Å². The fourth-order valence-corrected chi connectivity index (χ4v) is 4.46. The van der Waals surface area contributed by atoms with Gasteiger partial charge in [-0.2, -0.15) is 23.5 Å². The predicted molar refractivity (Wildman–Crippen MR) is 139 cm³/mol. The number of ether oxygens (including phenoxy) is 1. The molecule has 2 aromatic rings. The molecule has 7 nitrogen and oxygen atoms in total. The van der Waals surface area contributed by atoms with E-state index in [4.69, 9.17) is 21.4 Å². The van der Waals surface area contributed by atoms with Gasteiger partial charge in [0.25, 0.3) is 0 Å². The lowest BCUT2D eigenvalue weighted by molar-refractivity contribution is -0.136. The van der Waals surface area contributed by atoms with Gasteiger partial charge in [-0.15, -0.1) is 11.6 Å². The lowest BCUT2D eigenvalue weighted by Crippen LogP contribution is -2.42. The molecule has 38 heavy (non-hydrogen) atoms. The van der Waals surface area contributed by atoms with Crippen molar-refractivity contribution >= 4 is 23.3 Å². The molecule has 1 N–H and O–H groups in total. The third kappa shape index (κ3) is 7.84. The molecule has 1 amide bonds. The van der Waals surface area contributed by atoms with E-state index in [2.05, 4.69) is 16.4 Å². The Morgan fingerprint density at radius 1 is 1.32 bits per heavy atom. The fourth-order valence-electron chi connectivity index (χ4n) is 4.19. The van der Waals surface area contributed by atoms with Crippen LogP contribution in [0, 0.1) is 16.7 Å². The van der Waals surface area contributed by atoms with Crippen molar-refractivity contribution in [3.8, 4) is 17.2 Å². The van der Waals surface area contributed by atoms with Crippen LogP contribution in [0.5, 0.6) is 0 Å². The number of nitriles is 1. The minimum absolute atomic E-state index is 0.0156. The summed E-state index contributed by atoms with van der Waals surface area (Å²) in [6.07, 6.45) is 2.45. The van der Waals surface area contributed by atoms with Crippen molar-refractivity contribution in [2.45, 2.75) is 77.2 Å². The summed E-state index contributed by atoms with van der Waals surface area (Å²) in [6.45, 7) is 6.77. The van der Waals surface area contributed by atoms with Crippen LogP contribution in [-0.4, -0.2) is 38.7 Å². The van der Waals surface area contributed by atoms with Gasteiger partial charge in [0.05, 0.1) is 41.3 Å². The first-order chi connectivity index (χ1) is 17.7. The Labute approximate surface area is 225 Å². The van der Waals surface area contributed by atoms with Crippen LogP contribution in [0.3, 0.4) is 0 Å². The van der Waals surface area contributed by atoms with E-state index in [0.717, 1.165) is 11.1 Å². The van der Waals surface area contributed by atoms with Crippen molar-refractivity contribution in [3.63, 3.8) is 0 Å². The number of hydrogen-bond donors (Lipinski definition) is 1. The standard InChI is InChI=1S/C27H31ClF3N5O2/c1-25(2,3)38-24(37)34-20(7-11-27(29,30)31)16-36-21(15-28)22(18-8-12-33-13-9-18)23(35-36)19-6-5-10-26(4,14-19)17-32/h5-6,8-10,12-13,20H,7,11,14-16H2,1-4H3,(H,34,37)/t20-,26?/m0/s1. The Morgan fingerprint density at radius 3 is 2.58 bits per heavy atom. The third-order valence-corrected chi connectivity index (χ3v) is 6.18. The van der Waals surface area contributed by atoms with Crippen LogP contribution in [0.1, 0.15) is 58.3 Å². The summed E-state index contributed by atoms with van der Waals surface area (Å²) in [5.74, 6) is 0.0156. The van der Waals surface area contributed by atoms with E-state index in [9.17, 15) is 23.2 Å². The average Bonchev–Trinajstić information content (AvgIpc) is 3.19. The van der Waals surface area contributed by atoms with Gasteiger partial charge in [0.1, 0.15) is 5.60 Å². The minimum Gasteiger partial charge on any atom is -0.444 e. The summed E-state index contributed by atoms with van der Waals surface area (Å²) in [5, 5.41) is 17.0. The minimum atomic E-state index is -4.40. The number of aromatic nitrogens is 3. The Kier molecular flexibility index (Phi) is 8.93. The van der Waals surface area contributed by atoms with E-state index in [-0.39, 0.29) is 18.8 Å². The van der Waals surface area contributed by atoms with E-state index < -0.39 is 35.7 Å². The number of allylic oxidation sites excluding steroid dienone is 4. The van der Waals surface area contributed by atoms with Gasteiger partial charge < -0.3 is 10.1 Å². The van der Waals surface area contributed by atoms with E-state index >= 15 is 0 Å². The van der Waals surface area contributed by atoms with E-state index in [1.54, 1.807) is 56.1 Å². The molecule has 1 unspecified atom stereocenters. The maximum absolute atomic E-state index is 13.1. The largest absolute Gasteiger partial charge is 0.444 e. The maximum Gasteiger partial charge on any atom is 0.407 e. The molecule has 1 aliphatic rings. The van der Waals surface area contributed by atoms with Gasteiger partial charge in [-0.05, 0) is 63.8 Å². The first-order valence-electron chi connectivity index (χ1n) is 12.2. The number of rotatable bonds is 8. The van der Waals surface area contributed by atoms with Crippen molar-refractivity contribution in [1.29, 1.82) is 5.26 Å². The second-order valence-corrected chi connectivity index (χ2v) is 10.7. The number of nitrogens with zero attached hydrogens (tertiary/aromatic N) is 4. The van der Waals surface area contributed by atoms with Crippen molar-refractivity contribution in [3.05, 3.63) is 54.1 Å². The monoisotopic (exact) mass is 549 g/mol. The average molecular weight is 550 g/mol. The number of halogens is 4. The SMILES string of the molecule is CC1(C#N)C=CC=C(c2nn(C[C@H](CCC(F)(F)F)NC(=O)OC(C)(C)C)c(CCl)c2-c2ccncc2)C1. The number of hydrogen-bond acceptors (Lipinski definition) is 5. The van der Waals surface area contributed by atoms with Crippen LogP contribution in [0.25, 0.3) is 16.7 Å². The third-order valence-electron chi connectivity index (χ3n) is 5.92. The number of amides is 1. The highest BCUT2D eigenvalue weighted by molar-refractivity contribution is 6.17. The molecule has 0 bridgehead atoms. The number of nitrogens with one attached hydrogen (secondary N) is 1. The zero-order chi connectivity index (χ0) is 28.1. The molecular weight excluding hydrogens is 519 g/mol. The predicted octanol–water partition coefficient (Wildman–Crippen LogP) is 6.79. The normalized spacial score (nSPS) is 18.4. The molecule has 3 rings (SSSR count). The number of alkyl carbamates (subject to hydrolysis) is 1. The van der Waals surface area contributed by atoms with E-state index in [0.29, 0.717) is 23.4 Å². The molecule has 0 saturated heterocycles. The van der Waals surface area contributed by atoms with Gasteiger partial charge in [0.15, 0.2) is 0 Å². The molecule has 2 atom stereocenters. The topological polar surface area (TPSA) is 92.8 Å². The molecule has 0 fully saturated rings. The number of carbonyl (C=O) groups is 1. The van der Waals surface area contributed by atoms with Gasteiger partial charge in [0.2, 0.25) is 0 Å². The zero-order valence-electron chi connectivity index (χ0n) is 21.8. The number of pyridine rings is 1. The molecule has 204 valence electrons. The molecule has 0 aliphatic heterocycles. The molecule has 2 heterocycles. The summed E-state index contributed by atoms with van der Waals surface area (Å²) in [5.41, 5.74) is 1.86. The van der Waals surface area contributed by atoms with Crippen LogP contribution in [0.4, 0.5) is 18.0 Å². The van der Waals surface area contributed by atoms with Crippen LogP contribution in [-0.2, 0) is 17.2 Å². The molecule has 0 radical (unpaired) electrons. The maximum atomic E-state index is 13.1. The molecule has 0 spiro atoms. The van der Waals surface area contributed by atoms with Crippen molar-refractivity contribution in [1.82, 2.24) is 20.1 Å². The second-order valence-electron chi connectivity index (χ2n) is 10.5. The van der Waals surface area contributed by atoms with Crippen LogP contribution in [0.15, 0.2) is 42.8 Å². The summed E-state index contributed by atoms with van der Waals surface area (Å²) in [7, 11) is 0. The van der Waals surface area contributed by atoms with E-state index in [1.165, 1.54) is 0 Å². The number of alkyl halides is 4. The van der Waals surface area contributed by atoms with Gasteiger partial charge >= 0.3 is 12.3 Å². The highest BCUT2D eigenvalue weighted by Gasteiger charge is 2.32. The zero-order valence-corrected chi connectivity index (χ0v) is 22.5. The number of carbonyl (C=O) groups excluding carboxylic acids is 1.